The van der Waals surface area contributed by atoms with E-state index in [1.54, 1.807) is 10.6 Å². The first-order valence-electron chi connectivity index (χ1n) is 13.5. The van der Waals surface area contributed by atoms with Gasteiger partial charge in [-0.05, 0) is 82.2 Å². The van der Waals surface area contributed by atoms with E-state index in [1.807, 2.05) is 39.0 Å². The molecule has 1 aliphatic heterocycles. The van der Waals surface area contributed by atoms with Gasteiger partial charge in [-0.1, -0.05) is 35.1 Å². The zero-order valence-electron chi connectivity index (χ0n) is 24.1. The fraction of sp³-hybridized carbons (Fsp3) is 0.281. The van der Waals surface area contributed by atoms with Crippen LogP contribution in [0.2, 0.25) is 0 Å². The van der Waals surface area contributed by atoms with Crippen LogP contribution in [0.4, 0.5) is 0 Å². The number of aromatic nitrogens is 2. The molecule has 5 rings (SSSR count). The van der Waals surface area contributed by atoms with E-state index in [4.69, 9.17) is 14.2 Å². The summed E-state index contributed by atoms with van der Waals surface area (Å²) in [6.45, 7) is 10.9. The third-order valence-corrected chi connectivity index (χ3v) is 8.05. The minimum absolute atomic E-state index is 0.236. The fourth-order valence-corrected chi connectivity index (χ4v) is 6.11. The Balaban J connectivity index is 1.66. The molecule has 2 aromatic carbocycles. The highest BCUT2D eigenvalue weighted by Crippen LogP contribution is 2.35. The van der Waals surface area contributed by atoms with Crippen LogP contribution in [0.3, 0.4) is 0 Å². The summed E-state index contributed by atoms with van der Waals surface area (Å²) in [7, 11) is 1.32. The summed E-state index contributed by atoms with van der Waals surface area (Å²) in [5, 5.41) is 0. The number of carbonyl (C=O) groups is 1. The van der Waals surface area contributed by atoms with E-state index in [9.17, 15) is 9.59 Å². The van der Waals surface area contributed by atoms with Gasteiger partial charge in [0.25, 0.3) is 5.56 Å². The predicted octanol–water partition coefficient (Wildman–Crippen LogP) is 4.53. The standard InChI is InChI=1S/C32H33N3O5S/c1-7-39-26-14-11-22(16-27(26)40-8-2)29-25(31(37)38-6)18-33-32-35(29)30(36)28(41-32)17-23-15-20(4)34(21(23)5)24-12-9-19(3)10-13-24/h9-18,29H,7-8H2,1-6H3/b28-17+/t29-/m1/s1. The third-order valence-electron chi connectivity index (χ3n) is 7.06. The Hall–Kier alpha value is -4.37. The van der Waals surface area contributed by atoms with Crippen molar-refractivity contribution in [1.82, 2.24) is 9.13 Å². The molecule has 0 amide bonds. The van der Waals surface area contributed by atoms with Gasteiger partial charge < -0.3 is 18.8 Å². The van der Waals surface area contributed by atoms with Crippen LogP contribution in [0.1, 0.15) is 48.0 Å². The molecule has 0 radical (unpaired) electrons. The van der Waals surface area contributed by atoms with Crippen LogP contribution >= 0.6 is 11.3 Å². The lowest BCUT2D eigenvalue weighted by molar-refractivity contribution is -0.136. The molecule has 8 nitrogen and oxygen atoms in total. The number of hydrogen-bond acceptors (Lipinski definition) is 7. The summed E-state index contributed by atoms with van der Waals surface area (Å²) in [6, 6.07) is 15.1. The lowest BCUT2D eigenvalue weighted by Gasteiger charge is -2.23. The molecule has 2 aromatic heterocycles. The molecule has 0 aliphatic carbocycles. The minimum atomic E-state index is -0.740. The van der Waals surface area contributed by atoms with Crippen LogP contribution in [0, 0.1) is 20.8 Å². The van der Waals surface area contributed by atoms with Crippen molar-refractivity contribution < 1.29 is 19.0 Å². The van der Waals surface area contributed by atoms with Gasteiger partial charge >= 0.3 is 5.97 Å². The van der Waals surface area contributed by atoms with E-state index < -0.39 is 12.0 Å². The van der Waals surface area contributed by atoms with Gasteiger partial charge in [0.05, 0.1) is 36.5 Å². The molecule has 0 fully saturated rings. The quantitative estimate of drug-likeness (QED) is 0.290. The summed E-state index contributed by atoms with van der Waals surface area (Å²) in [5.41, 5.74) is 6.00. The number of nitrogens with zero attached hydrogens (tertiary/aromatic N) is 3. The van der Waals surface area contributed by atoms with Gasteiger partial charge in [0.1, 0.15) is 0 Å². The summed E-state index contributed by atoms with van der Waals surface area (Å²) >= 11 is 1.29. The van der Waals surface area contributed by atoms with Crippen LogP contribution in [-0.4, -0.2) is 35.4 Å². The number of hydrogen-bond donors (Lipinski definition) is 0. The highest BCUT2D eigenvalue weighted by molar-refractivity contribution is 7.07. The highest BCUT2D eigenvalue weighted by atomic mass is 32.1. The summed E-state index contributed by atoms with van der Waals surface area (Å²) in [4.78, 5) is 31.8. The summed E-state index contributed by atoms with van der Waals surface area (Å²) < 4.78 is 20.9. The summed E-state index contributed by atoms with van der Waals surface area (Å²) in [5.74, 6) is 0.582. The second-order valence-corrected chi connectivity index (χ2v) is 10.8. The van der Waals surface area contributed by atoms with Crippen molar-refractivity contribution in [3.8, 4) is 17.2 Å². The number of aryl methyl sites for hydroxylation is 2. The van der Waals surface area contributed by atoms with Gasteiger partial charge in [0.2, 0.25) is 0 Å². The molecule has 0 spiro atoms. The molecule has 3 heterocycles. The third kappa shape index (κ3) is 5.25. The Morgan fingerprint density at radius 2 is 1.71 bits per heavy atom. The lowest BCUT2D eigenvalue weighted by Crippen LogP contribution is -2.39. The van der Waals surface area contributed by atoms with E-state index in [2.05, 4.69) is 53.7 Å². The average Bonchev–Trinajstić information content (AvgIpc) is 3.43. The van der Waals surface area contributed by atoms with E-state index in [-0.39, 0.29) is 11.1 Å². The molecule has 9 heteroatoms. The number of benzene rings is 2. The molecule has 212 valence electrons. The van der Waals surface area contributed by atoms with Gasteiger partial charge in [-0.25, -0.2) is 9.79 Å². The van der Waals surface area contributed by atoms with Crippen molar-refractivity contribution >= 4 is 23.4 Å². The zero-order chi connectivity index (χ0) is 29.3. The second-order valence-electron chi connectivity index (χ2n) is 9.75. The van der Waals surface area contributed by atoms with Gasteiger partial charge in [-0.3, -0.25) is 9.36 Å². The first-order valence-corrected chi connectivity index (χ1v) is 14.3. The fourth-order valence-electron chi connectivity index (χ4n) is 5.15. The molecule has 1 aliphatic rings. The van der Waals surface area contributed by atoms with Crippen molar-refractivity contribution in [2.75, 3.05) is 20.3 Å². The average molecular weight is 572 g/mol. The monoisotopic (exact) mass is 571 g/mol. The van der Waals surface area contributed by atoms with E-state index >= 15 is 0 Å². The van der Waals surface area contributed by atoms with Crippen molar-refractivity contribution in [2.24, 2.45) is 4.99 Å². The van der Waals surface area contributed by atoms with Crippen molar-refractivity contribution in [3.63, 3.8) is 0 Å². The molecule has 0 bridgehead atoms. The zero-order valence-corrected chi connectivity index (χ0v) is 24.9. The van der Waals surface area contributed by atoms with Crippen molar-refractivity contribution in [1.29, 1.82) is 0 Å². The molecular formula is C32H33N3O5S. The van der Waals surface area contributed by atoms with Crippen LogP contribution in [-0.2, 0) is 9.53 Å². The molecule has 41 heavy (non-hydrogen) atoms. The number of fused-ring (bicyclic) bond motifs is 1. The molecular weight excluding hydrogens is 538 g/mol. The van der Waals surface area contributed by atoms with E-state index in [1.165, 1.54) is 30.2 Å². The SMILES string of the molecule is CCOc1ccc([C@@H]2C(C(=O)OC)=CN=c3s/c(=C/c4cc(C)n(-c5ccc(C)cc5)c4C)c(=O)n32)cc1OCC. The van der Waals surface area contributed by atoms with Gasteiger partial charge in [-0.15, -0.1) is 0 Å². The molecule has 0 N–H and O–H groups in total. The van der Waals surface area contributed by atoms with Crippen LogP contribution < -0.4 is 24.4 Å². The van der Waals surface area contributed by atoms with E-state index in [0.29, 0.717) is 39.6 Å². The Bertz CT molecular complexity index is 1830. The molecule has 0 saturated carbocycles. The first-order chi connectivity index (χ1) is 19.8. The molecule has 0 unspecified atom stereocenters. The molecule has 1 atom stereocenters. The molecule has 4 aromatic rings. The topological polar surface area (TPSA) is 84.0 Å². The predicted molar refractivity (Wildman–Crippen MR) is 160 cm³/mol. The van der Waals surface area contributed by atoms with Crippen LogP contribution in [0.5, 0.6) is 11.5 Å². The Kier molecular flexibility index (Phi) is 7.99. The molecule has 0 saturated heterocycles. The number of methoxy groups -OCH3 is 1. The normalized spacial score (nSPS) is 14.7. The maximum absolute atomic E-state index is 14.0. The van der Waals surface area contributed by atoms with Crippen LogP contribution in [0.15, 0.2) is 70.1 Å². The van der Waals surface area contributed by atoms with Gasteiger partial charge in [0.15, 0.2) is 16.3 Å². The lowest BCUT2D eigenvalue weighted by atomic mass is 9.97. The van der Waals surface area contributed by atoms with Crippen LogP contribution in [0.25, 0.3) is 11.8 Å². The van der Waals surface area contributed by atoms with E-state index in [0.717, 1.165) is 22.6 Å². The minimum Gasteiger partial charge on any atom is -0.490 e. The number of ether oxygens (including phenoxy) is 3. The van der Waals surface area contributed by atoms with Crippen molar-refractivity contribution in [2.45, 2.75) is 40.7 Å². The number of rotatable bonds is 8. The van der Waals surface area contributed by atoms with Crippen molar-refractivity contribution in [3.05, 3.63) is 108 Å². The van der Waals surface area contributed by atoms with Gasteiger partial charge in [-0.2, -0.15) is 0 Å². The Labute approximate surface area is 242 Å². The first kappa shape index (κ1) is 28.2. The van der Waals surface area contributed by atoms with Gasteiger partial charge in [0, 0.05) is 23.3 Å². The summed E-state index contributed by atoms with van der Waals surface area (Å²) in [6.07, 6.45) is 3.39. The smallest absolute Gasteiger partial charge is 0.337 e. The maximum atomic E-state index is 14.0. The number of thiazole rings is 1. The highest BCUT2D eigenvalue weighted by Gasteiger charge is 2.31. The Morgan fingerprint density at radius 3 is 2.39 bits per heavy atom. The largest absolute Gasteiger partial charge is 0.490 e. The Morgan fingerprint density at radius 1 is 1.00 bits per heavy atom. The number of carbonyl (C=O) groups excluding carboxylic acids is 1. The second kappa shape index (κ2) is 11.6. The number of esters is 1. The maximum Gasteiger partial charge on any atom is 0.337 e.